The second-order valence-corrected chi connectivity index (χ2v) is 6.38. The average molecular weight is 295 g/mol. The van der Waals surface area contributed by atoms with E-state index in [1.54, 1.807) is 18.3 Å². The number of halogens is 1. The number of amides is 1. The lowest BCUT2D eigenvalue weighted by Gasteiger charge is -2.29. The van der Waals surface area contributed by atoms with E-state index in [9.17, 15) is 4.79 Å². The maximum absolute atomic E-state index is 12.7. The van der Waals surface area contributed by atoms with Gasteiger partial charge in [0.05, 0.1) is 5.56 Å². The standard InChI is InChI=1S/C16H23ClN2O/c1-12(2)9-10-19(14-5-3-4-6-14)16(20)13-7-8-15(17)18-11-13/h7-8,11-12,14H,3-6,9-10H2,1-2H3. The Bertz CT molecular complexity index is 438. The van der Waals surface area contributed by atoms with Crippen LogP contribution in [-0.4, -0.2) is 28.4 Å². The van der Waals surface area contributed by atoms with Gasteiger partial charge in [-0.3, -0.25) is 4.79 Å². The highest BCUT2D eigenvalue weighted by Crippen LogP contribution is 2.25. The Hall–Kier alpha value is -1.09. The summed E-state index contributed by atoms with van der Waals surface area (Å²) in [5.74, 6) is 0.705. The molecule has 1 heterocycles. The van der Waals surface area contributed by atoms with E-state index >= 15 is 0 Å². The van der Waals surface area contributed by atoms with Gasteiger partial charge >= 0.3 is 0 Å². The molecule has 1 aromatic heterocycles. The maximum Gasteiger partial charge on any atom is 0.255 e. The average Bonchev–Trinajstić information content (AvgIpc) is 2.93. The number of hydrogen-bond acceptors (Lipinski definition) is 2. The van der Waals surface area contributed by atoms with Crippen LogP contribution in [0.2, 0.25) is 5.15 Å². The summed E-state index contributed by atoms with van der Waals surface area (Å²) in [4.78, 5) is 18.8. The first kappa shape index (κ1) is 15.3. The van der Waals surface area contributed by atoms with Crippen LogP contribution in [0, 0.1) is 5.92 Å². The largest absolute Gasteiger partial charge is 0.336 e. The van der Waals surface area contributed by atoms with Crippen molar-refractivity contribution >= 4 is 17.5 Å². The van der Waals surface area contributed by atoms with E-state index in [4.69, 9.17) is 11.6 Å². The van der Waals surface area contributed by atoms with E-state index in [1.807, 2.05) is 0 Å². The Morgan fingerprint density at radius 2 is 2.10 bits per heavy atom. The molecular weight excluding hydrogens is 272 g/mol. The van der Waals surface area contributed by atoms with Gasteiger partial charge in [-0.1, -0.05) is 38.3 Å². The Morgan fingerprint density at radius 3 is 2.65 bits per heavy atom. The number of pyridine rings is 1. The predicted octanol–water partition coefficient (Wildman–Crippen LogP) is 4.17. The first-order chi connectivity index (χ1) is 9.58. The first-order valence-corrected chi connectivity index (χ1v) is 7.88. The van der Waals surface area contributed by atoms with Gasteiger partial charge in [0.1, 0.15) is 5.15 Å². The van der Waals surface area contributed by atoms with Crippen LogP contribution in [0.3, 0.4) is 0 Å². The van der Waals surface area contributed by atoms with Crippen molar-refractivity contribution < 1.29 is 4.79 Å². The van der Waals surface area contributed by atoms with Crippen molar-refractivity contribution in [2.45, 2.75) is 52.0 Å². The predicted molar refractivity (Wildman–Crippen MR) is 82.0 cm³/mol. The number of carbonyl (C=O) groups excluding carboxylic acids is 1. The number of carbonyl (C=O) groups is 1. The van der Waals surface area contributed by atoms with Crippen LogP contribution in [0.5, 0.6) is 0 Å². The summed E-state index contributed by atoms with van der Waals surface area (Å²) in [5, 5.41) is 0.427. The van der Waals surface area contributed by atoms with Gasteiger partial charge < -0.3 is 4.90 Å². The highest BCUT2D eigenvalue weighted by atomic mass is 35.5. The minimum atomic E-state index is 0.0988. The Labute approximate surface area is 126 Å². The molecule has 1 fully saturated rings. The summed E-state index contributed by atoms with van der Waals surface area (Å²) < 4.78 is 0. The summed E-state index contributed by atoms with van der Waals surface area (Å²) in [5.41, 5.74) is 0.644. The lowest BCUT2D eigenvalue weighted by Crippen LogP contribution is -2.40. The van der Waals surface area contributed by atoms with Crippen LogP contribution < -0.4 is 0 Å². The summed E-state index contributed by atoms with van der Waals surface area (Å²) in [6.45, 7) is 5.23. The molecule has 0 aliphatic heterocycles. The topological polar surface area (TPSA) is 33.2 Å². The Balaban J connectivity index is 2.11. The number of rotatable bonds is 5. The molecule has 0 saturated heterocycles. The Morgan fingerprint density at radius 1 is 1.40 bits per heavy atom. The minimum absolute atomic E-state index is 0.0988. The molecule has 0 N–H and O–H groups in total. The fourth-order valence-corrected chi connectivity index (χ4v) is 2.84. The third kappa shape index (κ3) is 3.95. The molecule has 3 nitrogen and oxygen atoms in total. The van der Waals surface area contributed by atoms with Crippen LogP contribution in [0.4, 0.5) is 0 Å². The molecule has 1 aromatic rings. The lowest BCUT2D eigenvalue weighted by molar-refractivity contribution is 0.0671. The third-order valence-electron chi connectivity index (χ3n) is 3.95. The van der Waals surface area contributed by atoms with Gasteiger partial charge in [-0.05, 0) is 37.3 Å². The highest BCUT2D eigenvalue weighted by Gasteiger charge is 2.27. The minimum Gasteiger partial charge on any atom is -0.336 e. The van der Waals surface area contributed by atoms with Crippen molar-refractivity contribution in [2.75, 3.05) is 6.54 Å². The van der Waals surface area contributed by atoms with Crippen molar-refractivity contribution in [3.05, 3.63) is 29.0 Å². The maximum atomic E-state index is 12.7. The molecule has 0 unspecified atom stereocenters. The van der Waals surface area contributed by atoms with Crippen LogP contribution in [0.25, 0.3) is 0 Å². The van der Waals surface area contributed by atoms with Crippen molar-refractivity contribution in [2.24, 2.45) is 5.92 Å². The van der Waals surface area contributed by atoms with E-state index < -0.39 is 0 Å². The van der Waals surface area contributed by atoms with Gasteiger partial charge in [-0.2, -0.15) is 0 Å². The van der Waals surface area contributed by atoms with Crippen LogP contribution >= 0.6 is 11.6 Å². The third-order valence-corrected chi connectivity index (χ3v) is 4.17. The second kappa shape index (κ2) is 7.07. The van der Waals surface area contributed by atoms with E-state index in [0.717, 1.165) is 25.8 Å². The van der Waals surface area contributed by atoms with Gasteiger partial charge in [0.15, 0.2) is 0 Å². The van der Waals surface area contributed by atoms with Crippen molar-refractivity contribution in [1.82, 2.24) is 9.88 Å². The molecular formula is C16H23ClN2O. The number of aromatic nitrogens is 1. The summed E-state index contributed by atoms with van der Waals surface area (Å²) >= 11 is 5.79. The van der Waals surface area contributed by atoms with E-state index in [1.165, 1.54) is 12.8 Å². The van der Waals surface area contributed by atoms with Gasteiger partial charge in [0.2, 0.25) is 0 Å². The molecule has 20 heavy (non-hydrogen) atoms. The molecule has 2 rings (SSSR count). The quantitative estimate of drug-likeness (QED) is 0.764. The highest BCUT2D eigenvalue weighted by molar-refractivity contribution is 6.29. The fraction of sp³-hybridized carbons (Fsp3) is 0.625. The number of nitrogens with zero attached hydrogens (tertiary/aromatic N) is 2. The summed E-state index contributed by atoms with van der Waals surface area (Å²) in [6, 6.07) is 3.86. The molecule has 1 aliphatic rings. The van der Waals surface area contributed by atoms with E-state index in [-0.39, 0.29) is 5.91 Å². The monoisotopic (exact) mass is 294 g/mol. The Kier molecular flexibility index (Phi) is 5.41. The zero-order valence-corrected chi connectivity index (χ0v) is 13.1. The van der Waals surface area contributed by atoms with Crippen LogP contribution in [0.15, 0.2) is 18.3 Å². The molecule has 0 atom stereocenters. The van der Waals surface area contributed by atoms with E-state index in [2.05, 4.69) is 23.7 Å². The summed E-state index contributed by atoms with van der Waals surface area (Å²) in [6.07, 6.45) is 7.35. The SMILES string of the molecule is CC(C)CCN(C(=O)c1ccc(Cl)nc1)C1CCCC1. The summed E-state index contributed by atoms with van der Waals surface area (Å²) in [7, 11) is 0. The van der Waals surface area contributed by atoms with Crippen molar-refractivity contribution in [3.63, 3.8) is 0 Å². The van der Waals surface area contributed by atoms with Gasteiger partial charge in [-0.25, -0.2) is 4.98 Å². The van der Waals surface area contributed by atoms with Gasteiger partial charge in [0.25, 0.3) is 5.91 Å². The molecule has 1 amide bonds. The molecule has 110 valence electrons. The van der Waals surface area contributed by atoms with E-state index in [0.29, 0.717) is 22.7 Å². The normalized spacial score (nSPS) is 15.8. The molecule has 4 heteroatoms. The molecule has 1 aliphatic carbocycles. The molecule has 0 radical (unpaired) electrons. The van der Waals surface area contributed by atoms with Crippen molar-refractivity contribution in [3.8, 4) is 0 Å². The van der Waals surface area contributed by atoms with Crippen molar-refractivity contribution in [1.29, 1.82) is 0 Å². The molecule has 0 spiro atoms. The first-order valence-electron chi connectivity index (χ1n) is 7.50. The molecule has 0 bridgehead atoms. The zero-order chi connectivity index (χ0) is 14.5. The zero-order valence-electron chi connectivity index (χ0n) is 12.3. The van der Waals surface area contributed by atoms with Gasteiger partial charge in [0, 0.05) is 18.8 Å². The number of hydrogen-bond donors (Lipinski definition) is 0. The second-order valence-electron chi connectivity index (χ2n) is 5.99. The van der Waals surface area contributed by atoms with Crippen LogP contribution in [-0.2, 0) is 0 Å². The lowest BCUT2D eigenvalue weighted by atomic mass is 10.1. The van der Waals surface area contributed by atoms with Gasteiger partial charge in [-0.15, -0.1) is 0 Å². The smallest absolute Gasteiger partial charge is 0.255 e. The molecule has 1 saturated carbocycles. The van der Waals surface area contributed by atoms with Crippen LogP contribution in [0.1, 0.15) is 56.3 Å². The molecule has 0 aromatic carbocycles. The fourth-order valence-electron chi connectivity index (χ4n) is 2.73.